The van der Waals surface area contributed by atoms with Gasteiger partial charge >= 0.3 is 0 Å². The minimum atomic E-state index is -0.338. The van der Waals surface area contributed by atoms with E-state index in [1.54, 1.807) is 17.0 Å². The molecule has 1 amide bonds. The summed E-state index contributed by atoms with van der Waals surface area (Å²) in [5, 5.41) is 0. The molecule has 2 nitrogen and oxygen atoms in total. The zero-order chi connectivity index (χ0) is 11.5. The molecule has 2 heterocycles. The second-order valence-electron chi connectivity index (χ2n) is 4.02. The number of amides is 1. The molecule has 1 aliphatic rings. The Bertz CT molecular complexity index is 382. The van der Waals surface area contributed by atoms with Crippen LogP contribution in [0, 0.1) is 5.92 Å². The number of nitrogens with zero attached hydrogens (tertiary/aromatic N) is 1. The molecule has 1 fully saturated rings. The molecule has 1 aromatic heterocycles. The van der Waals surface area contributed by atoms with Crippen molar-refractivity contribution in [1.82, 2.24) is 4.90 Å². The summed E-state index contributed by atoms with van der Waals surface area (Å²) in [5.74, 6) is -0.0109. The van der Waals surface area contributed by atoms with Crippen molar-refractivity contribution in [2.45, 2.75) is 12.8 Å². The van der Waals surface area contributed by atoms with Gasteiger partial charge < -0.3 is 4.90 Å². The largest absolute Gasteiger partial charge is 0.338 e. The number of piperidine rings is 1. The van der Waals surface area contributed by atoms with Gasteiger partial charge in [0.15, 0.2) is 0 Å². The molecule has 1 aliphatic heterocycles. The Hall–Kier alpha value is -0.610. The first kappa shape index (κ1) is 11.9. The SMILES string of the molecule is O=C(c1ccc(Cl)s1)N1CCCC(CF)C1. The number of hydrogen-bond donors (Lipinski definition) is 0. The molecule has 88 valence electrons. The average molecular weight is 262 g/mol. The molecule has 0 spiro atoms. The van der Waals surface area contributed by atoms with Crippen LogP contribution in [0.5, 0.6) is 0 Å². The molecular weight excluding hydrogens is 249 g/mol. The van der Waals surface area contributed by atoms with Crippen molar-refractivity contribution in [2.75, 3.05) is 19.8 Å². The fourth-order valence-electron chi connectivity index (χ4n) is 1.96. The highest BCUT2D eigenvalue weighted by atomic mass is 35.5. The molecule has 0 aromatic carbocycles. The highest BCUT2D eigenvalue weighted by molar-refractivity contribution is 7.17. The van der Waals surface area contributed by atoms with Crippen LogP contribution in [0.25, 0.3) is 0 Å². The Labute approximate surface area is 103 Å². The minimum absolute atomic E-state index is 0.00753. The fourth-order valence-corrected chi connectivity index (χ4v) is 2.97. The Balaban J connectivity index is 2.04. The summed E-state index contributed by atoms with van der Waals surface area (Å²) in [4.78, 5) is 14.4. The van der Waals surface area contributed by atoms with Gasteiger partial charge in [-0.1, -0.05) is 11.6 Å². The van der Waals surface area contributed by atoms with Crippen molar-refractivity contribution >= 4 is 28.8 Å². The Kier molecular flexibility index (Phi) is 3.82. The van der Waals surface area contributed by atoms with E-state index in [9.17, 15) is 9.18 Å². The van der Waals surface area contributed by atoms with Crippen molar-refractivity contribution in [3.63, 3.8) is 0 Å². The molecule has 1 unspecified atom stereocenters. The lowest BCUT2D eigenvalue weighted by Crippen LogP contribution is -2.40. The van der Waals surface area contributed by atoms with Gasteiger partial charge in [0.1, 0.15) is 0 Å². The summed E-state index contributed by atoms with van der Waals surface area (Å²) in [6.07, 6.45) is 1.77. The van der Waals surface area contributed by atoms with Crippen LogP contribution in [0.4, 0.5) is 4.39 Å². The number of alkyl halides is 1. The zero-order valence-corrected chi connectivity index (χ0v) is 10.4. The van der Waals surface area contributed by atoms with Crippen molar-refractivity contribution in [2.24, 2.45) is 5.92 Å². The van der Waals surface area contributed by atoms with Crippen LogP contribution < -0.4 is 0 Å². The van der Waals surface area contributed by atoms with E-state index in [0.29, 0.717) is 15.8 Å². The summed E-state index contributed by atoms with van der Waals surface area (Å²) in [5.41, 5.74) is 0. The van der Waals surface area contributed by atoms with E-state index in [1.165, 1.54) is 11.3 Å². The number of thiophene rings is 1. The third-order valence-corrected chi connectivity index (χ3v) is 4.03. The van der Waals surface area contributed by atoms with Gasteiger partial charge in [-0.2, -0.15) is 0 Å². The van der Waals surface area contributed by atoms with Crippen LogP contribution >= 0.6 is 22.9 Å². The van der Waals surface area contributed by atoms with E-state index >= 15 is 0 Å². The highest BCUT2D eigenvalue weighted by Gasteiger charge is 2.25. The normalized spacial score (nSPS) is 21.1. The predicted molar refractivity (Wildman–Crippen MR) is 63.9 cm³/mol. The first-order chi connectivity index (χ1) is 7.70. The van der Waals surface area contributed by atoms with E-state index in [4.69, 9.17) is 11.6 Å². The van der Waals surface area contributed by atoms with Crippen molar-refractivity contribution in [1.29, 1.82) is 0 Å². The van der Waals surface area contributed by atoms with Gasteiger partial charge in [0.25, 0.3) is 5.91 Å². The van der Waals surface area contributed by atoms with Gasteiger partial charge in [0, 0.05) is 19.0 Å². The van der Waals surface area contributed by atoms with Crippen LogP contribution in [0.1, 0.15) is 22.5 Å². The van der Waals surface area contributed by atoms with Gasteiger partial charge in [-0.05, 0) is 25.0 Å². The Morgan fingerprint density at radius 1 is 1.62 bits per heavy atom. The summed E-state index contributed by atoms with van der Waals surface area (Å²) in [7, 11) is 0. The summed E-state index contributed by atoms with van der Waals surface area (Å²) < 4.78 is 13.2. The minimum Gasteiger partial charge on any atom is -0.338 e. The second kappa shape index (κ2) is 5.15. The molecule has 1 saturated heterocycles. The smallest absolute Gasteiger partial charge is 0.263 e. The second-order valence-corrected chi connectivity index (χ2v) is 5.73. The molecule has 0 bridgehead atoms. The summed E-state index contributed by atoms with van der Waals surface area (Å²) in [6.45, 7) is 0.921. The third-order valence-electron chi connectivity index (χ3n) is 2.81. The number of rotatable bonds is 2. The van der Waals surface area contributed by atoms with Crippen LogP contribution in [0.3, 0.4) is 0 Å². The molecule has 0 aliphatic carbocycles. The van der Waals surface area contributed by atoms with E-state index in [0.717, 1.165) is 19.4 Å². The summed E-state index contributed by atoms with van der Waals surface area (Å²) >= 11 is 7.07. The van der Waals surface area contributed by atoms with Gasteiger partial charge in [-0.25, -0.2) is 0 Å². The van der Waals surface area contributed by atoms with Gasteiger partial charge in [-0.15, -0.1) is 11.3 Å². The maximum Gasteiger partial charge on any atom is 0.263 e. The first-order valence-corrected chi connectivity index (χ1v) is 6.50. The number of halogens is 2. The first-order valence-electron chi connectivity index (χ1n) is 5.31. The van der Waals surface area contributed by atoms with E-state index < -0.39 is 0 Å². The van der Waals surface area contributed by atoms with E-state index in [1.807, 2.05) is 0 Å². The Morgan fingerprint density at radius 2 is 2.44 bits per heavy atom. The number of likely N-dealkylation sites (tertiary alicyclic amines) is 1. The lowest BCUT2D eigenvalue weighted by Gasteiger charge is -2.31. The average Bonchev–Trinajstić information content (AvgIpc) is 2.75. The van der Waals surface area contributed by atoms with Crippen LogP contribution in [0.2, 0.25) is 4.34 Å². The quantitative estimate of drug-likeness (QED) is 0.801. The molecule has 0 radical (unpaired) electrons. The fraction of sp³-hybridized carbons (Fsp3) is 0.545. The number of hydrogen-bond acceptors (Lipinski definition) is 2. The van der Waals surface area contributed by atoms with E-state index in [2.05, 4.69) is 0 Å². The monoisotopic (exact) mass is 261 g/mol. The van der Waals surface area contributed by atoms with Crippen LogP contribution in [-0.2, 0) is 0 Å². The molecule has 5 heteroatoms. The Morgan fingerprint density at radius 3 is 3.06 bits per heavy atom. The third kappa shape index (κ3) is 2.55. The lowest BCUT2D eigenvalue weighted by molar-refractivity contribution is 0.0661. The number of carbonyl (C=O) groups is 1. The standard InChI is InChI=1S/C11H13ClFNOS/c12-10-4-3-9(16-10)11(15)14-5-1-2-8(6-13)7-14/h3-4,8H,1-2,5-7H2. The van der Waals surface area contributed by atoms with Crippen molar-refractivity contribution in [3.05, 3.63) is 21.3 Å². The molecule has 0 saturated carbocycles. The van der Waals surface area contributed by atoms with Crippen LogP contribution in [0.15, 0.2) is 12.1 Å². The maximum absolute atomic E-state index is 12.6. The predicted octanol–water partition coefficient (Wildman–Crippen LogP) is 3.22. The van der Waals surface area contributed by atoms with Crippen molar-refractivity contribution in [3.8, 4) is 0 Å². The molecule has 1 aromatic rings. The molecule has 0 N–H and O–H groups in total. The molecule has 1 atom stereocenters. The van der Waals surface area contributed by atoms with Crippen molar-refractivity contribution < 1.29 is 9.18 Å². The van der Waals surface area contributed by atoms with Gasteiger partial charge in [0.2, 0.25) is 0 Å². The molecule has 16 heavy (non-hydrogen) atoms. The number of carbonyl (C=O) groups excluding carboxylic acids is 1. The lowest BCUT2D eigenvalue weighted by atomic mass is 9.99. The van der Waals surface area contributed by atoms with E-state index in [-0.39, 0.29) is 18.5 Å². The topological polar surface area (TPSA) is 20.3 Å². The maximum atomic E-state index is 12.6. The van der Waals surface area contributed by atoms with Crippen LogP contribution in [-0.4, -0.2) is 30.6 Å². The zero-order valence-electron chi connectivity index (χ0n) is 8.79. The molecule has 2 rings (SSSR count). The van der Waals surface area contributed by atoms with Gasteiger partial charge in [-0.3, -0.25) is 9.18 Å². The molecular formula is C11H13ClFNOS. The summed E-state index contributed by atoms with van der Waals surface area (Å²) in [6, 6.07) is 3.45. The highest BCUT2D eigenvalue weighted by Crippen LogP contribution is 2.25. The van der Waals surface area contributed by atoms with Gasteiger partial charge in [0.05, 0.1) is 15.9 Å².